The molecule has 0 fully saturated rings. The number of nitro groups is 2. The van der Waals surface area contributed by atoms with Gasteiger partial charge in [0.1, 0.15) is 5.82 Å². The lowest BCUT2D eigenvalue weighted by molar-refractivity contribution is -0.394. The van der Waals surface area contributed by atoms with E-state index in [1.807, 2.05) is 30.3 Å². The van der Waals surface area contributed by atoms with Gasteiger partial charge in [0.05, 0.1) is 21.5 Å². The Morgan fingerprint density at radius 1 is 0.871 bits per heavy atom. The van der Waals surface area contributed by atoms with E-state index in [4.69, 9.17) is 0 Å². The molecule has 158 valence electrons. The van der Waals surface area contributed by atoms with E-state index in [-0.39, 0.29) is 12.1 Å². The summed E-state index contributed by atoms with van der Waals surface area (Å²) in [7, 11) is 0. The molecule has 31 heavy (non-hydrogen) atoms. The lowest BCUT2D eigenvalue weighted by atomic mass is 10.1. The molecule has 0 unspecified atom stereocenters. The highest BCUT2D eigenvalue weighted by Crippen LogP contribution is 2.26. The molecule has 0 saturated heterocycles. The zero-order valence-corrected chi connectivity index (χ0v) is 16.3. The molecule has 3 aromatic rings. The number of nitrogens with zero attached hydrogens (tertiary/aromatic N) is 3. The van der Waals surface area contributed by atoms with Crippen LogP contribution in [-0.2, 0) is 6.42 Å². The topological polar surface area (TPSA) is 107 Å². The van der Waals surface area contributed by atoms with Gasteiger partial charge in [0.25, 0.3) is 17.3 Å². The van der Waals surface area contributed by atoms with Crippen LogP contribution < -0.4 is 4.90 Å². The van der Waals surface area contributed by atoms with Crippen molar-refractivity contribution in [1.82, 2.24) is 0 Å². The molecule has 0 N–H and O–H groups in total. The van der Waals surface area contributed by atoms with Crippen molar-refractivity contribution in [2.24, 2.45) is 0 Å². The van der Waals surface area contributed by atoms with Gasteiger partial charge in [0.15, 0.2) is 0 Å². The predicted molar refractivity (Wildman–Crippen MR) is 113 cm³/mol. The Hall–Kier alpha value is -4.14. The first-order valence-electron chi connectivity index (χ1n) is 9.40. The summed E-state index contributed by atoms with van der Waals surface area (Å²) in [5, 5.41) is 22.3. The van der Waals surface area contributed by atoms with Crippen LogP contribution in [0.3, 0.4) is 0 Å². The Morgan fingerprint density at radius 2 is 1.45 bits per heavy atom. The van der Waals surface area contributed by atoms with E-state index in [9.17, 15) is 29.4 Å². The SMILES string of the molecule is O=C(c1cc([N+](=O)[O-])cc([N+](=O)[O-])c1)N(CCCc1ccccc1)c1ccc(F)cc1. The number of carbonyl (C=O) groups excluding carboxylic acids is 1. The summed E-state index contributed by atoms with van der Waals surface area (Å²) in [6, 6.07) is 17.6. The fraction of sp³-hybridized carbons (Fsp3) is 0.136. The quantitative estimate of drug-likeness (QED) is 0.377. The molecule has 0 heterocycles. The molecular weight excluding hydrogens is 405 g/mol. The van der Waals surface area contributed by atoms with Crippen molar-refractivity contribution in [1.29, 1.82) is 0 Å². The van der Waals surface area contributed by atoms with Crippen LogP contribution in [0, 0.1) is 26.0 Å². The zero-order chi connectivity index (χ0) is 22.4. The first kappa shape index (κ1) is 21.6. The first-order chi connectivity index (χ1) is 14.8. The second-order valence-corrected chi connectivity index (χ2v) is 6.77. The second kappa shape index (κ2) is 9.57. The standard InChI is InChI=1S/C22H18FN3O5/c23-18-8-10-19(11-9-18)24(12-4-7-16-5-2-1-3-6-16)22(27)17-13-20(25(28)29)15-21(14-17)26(30)31/h1-3,5-6,8-11,13-15H,4,7,12H2. The molecule has 1 amide bonds. The monoisotopic (exact) mass is 423 g/mol. The van der Waals surface area contributed by atoms with Crippen LogP contribution in [0.25, 0.3) is 0 Å². The number of hydrogen-bond acceptors (Lipinski definition) is 5. The van der Waals surface area contributed by atoms with Crippen molar-refractivity contribution in [2.75, 3.05) is 11.4 Å². The highest BCUT2D eigenvalue weighted by atomic mass is 19.1. The molecule has 0 aromatic heterocycles. The summed E-state index contributed by atoms with van der Waals surface area (Å²) in [6.07, 6.45) is 1.23. The molecule has 0 saturated carbocycles. The van der Waals surface area contributed by atoms with Crippen molar-refractivity contribution in [3.63, 3.8) is 0 Å². The number of halogens is 1. The molecule has 0 aliphatic carbocycles. The number of benzene rings is 3. The molecule has 9 heteroatoms. The van der Waals surface area contributed by atoms with E-state index in [1.165, 1.54) is 29.2 Å². The Morgan fingerprint density at radius 3 is 2.00 bits per heavy atom. The minimum absolute atomic E-state index is 0.190. The van der Waals surface area contributed by atoms with Crippen LogP contribution in [-0.4, -0.2) is 22.3 Å². The first-order valence-corrected chi connectivity index (χ1v) is 9.40. The Kier molecular flexibility index (Phi) is 6.66. The van der Waals surface area contributed by atoms with Gasteiger partial charge in [0, 0.05) is 24.4 Å². The van der Waals surface area contributed by atoms with Crippen LogP contribution in [0.4, 0.5) is 21.5 Å². The van der Waals surface area contributed by atoms with E-state index in [2.05, 4.69) is 0 Å². The van der Waals surface area contributed by atoms with Gasteiger partial charge in [0.2, 0.25) is 0 Å². The van der Waals surface area contributed by atoms with Crippen molar-refractivity contribution in [2.45, 2.75) is 12.8 Å². The maximum Gasteiger partial charge on any atom is 0.277 e. The summed E-state index contributed by atoms with van der Waals surface area (Å²) >= 11 is 0. The maximum absolute atomic E-state index is 13.4. The molecule has 0 aliphatic heterocycles. The van der Waals surface area contributed by atoms with Crippen LogP contribution in [0.1, 0.15) is 22.3 Å². The number of nitro benzene ring substituents is 2. The van der Waals surface area contributed by atoms with Crippen molar-refractivity contribution < 1.29 is 19.0 Å². The summed E-state index contributed by atoms with van der Waals surface area (Å²) in [6.45, 7) is 0.232. The fourth-order valence-corrected chi connectivity index (χ4v) is 3.14. The number of anilines is 1. The minimum atomic E-state index is -0.790. The molecule has 0 bridgehead atoms. The van der Waals surface area contributed by atoms with E-state index >= 15 is 0 Å². The Balaban J connectivity index is 1.92. The van der Waals surface area contributed by atoms with Gasteiger partial charge in [-0.05, 0) is 42.7 Å². The Labute approximate surface area is 176 Å². The highest BCUT2D eigenvalue weighted by Gasteiger charge is 2.24. The van der Waals surface area contributed by atoms with E-state index in [0.29, 0.717) is 18.5 Å². The van der Waals surface area contributed by atoms with Gasteiger partial charge < -0.3 is 4.90 Å². The number of non-ortho nitro benzene ring substituents is 2. The van der Waals surface area contributed by atoms with Crippen LogP contribution in [0.5, 0.6) is 0 Å². The smallest absolute Gasteiger partial charge is 0.277 e. The molecule has 0 aliphatic rings. The molecule has 0 radical (unpaired) electrons. The van der Waals surface area contributed by atoms with Gasteiger partial charge in [-0.15, -0.1) is 0 Å². The van der Waals surface area contributed by atoms with Gasteiger partial charge in [-0.1, -0.05) is 30.3 Å². The van der Waals surface area contributed by atoms with Gasteiger partial charge in [-0.25, -0.2) is 4.39 Å². The highest BCUT2D eigenvalue weighted by molar-refractivity contribution is 6.06. The summed E-state index contributed by atoms with van der Waals surface area (Å²) in [5.41, 5.74) is 0.153. The third kappa shape index (κ3) is 5.47. The molecule has 0 atom stereocenters. The lowest BCUT2D eigenvalue weighted by Gasteiger charge is -2.23. The van der Waals surface area contributed by atoms with Crippen LogP contribution in [0.2, 0.25) is 0 Å². The summed E-state index contributed by atoms with van der Waals surface area (Å²) in [4.78, 5) is 35.3. The Bertz CT molecular complexity index is 1070. The van der Waals surface area contributed by atoms with E-state index < -0.39 is 32.9 Å². The third-order valence-corrected chi connectivity index (χ3v) is 4.64. The second-order valence-electron chi connectivity index (χ2n) is 6.77. The average Bonchev–Trinajstić information content (AvgIpc) is 2.77. The summed E-state index contributed by atoms with van der Waals surface area (Å²) < 4.78 is 13.4. The summed E-state index contributed by atoms with van der Waals surface area (Å²) in [5.74, 6) is -1.13. The van der Waals surface area contributed by atoms with Crippen molar-refractivity contribution >= 4 is 23.0 Å². The van der Waals surface area contributed by atoms with E-state index in [0.717, 1.165) is 23.8 Å². The average molecular weight is 423 g/mol. The van der Waals surface area contributed by atoms with E-state index in [1.54, 1.807) is 0 Å². The lowest BCUT2D eigenvalue weighted by Crippen LogP contribution is -2.32. The van der Waals surface area contributed by atoms with Gasteiger partial charge >= 0.3 is 0 Å². The van der Waals surface area contributed by atoms with Crippen LogP contribution in [0.15, 0.2) is 72.8 Å². The van der Waals surface area contributed by atoms with Crippen molar-refractivity contribution in [3.05, 3.63) is 110 Å². The molecular formula is C22H18FN3O5. The fourth-order valence-electron chi connectivity index (χ4n) is 3.14. The normalized spacial score (nSPS) is 10.5. The number of carbonyl (C=O) groups is 1. The van der Waals surface area contributed by atoms with Crippen molar-refractivity contribution in [3.8, 4) is 0 Å². The molecule has 8 nitrogen and oxygen atoms in total. The van der Waals surface area contributed by atoms with Gasteiger partial charge in [-0.3, -0.25) is 25.0 Å². The zero-order valence-electron chi connectivity index (χ0n) is 16.3. The largest absolute Gasteiger partial charge is 0.308 e. The predicted octanol–water partition coefficient (Wildman–Crippen LogP) is 4.92. The molecule has 3 rings (SSSR count). The number of hydrogen-bond donors (Lipinski definition) is 0. The number of rotatable bonds is 8. The maximum atomic E-state index is 13.4. The van der Waals surface area contributed by atoms with Crippen LogP contribution >= 0.6 is 0 Å². The number of amides is 1. The third-order valence-electron chi connectivity index (χ3n) is 4.64. The van der Waals surface area contributed by atoms with Gasteiger partial charge in [-0.2, -0.15) is 0 Å². The minimum Gasteiger partial charge on any atom is -0.308 e. The number of aryl methyl sites for hydroxylation is 1. The molecule has 3 aromatic carbocycles. The molecule has 0 spiro atoms.